The van der Waals surface area contributed by atoms with Crippen molar-refractivity contribution < 1.29 is 5.11 Å². The maximum Gasteiger partial charge on any atom is 0.0805 e. The summed E-state index contributed by atoms with van der Waals surface area (Å²) >= 11 is 0. The molecule has 0 unspecified atom stereocenters. The van der Waals surface area contributed by atoms with Crippen LogP contribution < -0.4 is 5.32 Å². The number of nitrogens with one attached hydrogen (secondary N) is 1. The summed E-state index contributed by atoms with van der Waals surface area (Å²) in [6.07, 6.45) is 0.529. The van der Waals surface area contributed by atoms with Crippen LogP contribution in [0.3, 0.4) is 0 Å². The van der Waals surface area contributed by atoms with E-state index in [2.05, 4.69) is 30.4 Å². The molecule has 0 saturated heterocycles. The van der Waals surface area contributed by atoms with Gasteiger partial charge >= 0.3 is 0 Å². The third kappa shape index (κ3) is 1.74. The highest BCUT2D eigenvalue weighted by Crippen LogP contribution is 2.24. The van der Waals surface area contributed by atoms with Gasteiger partial charge in [0, 0.05) is 6.54 Å². The third-order valence-corrected chi connectivity index (χ3v) is 2.57. The molecule has 1 heterocycles. The second kappa shape index (κ2) is 3.48. The van der Waals surface area contributed by atoms with E-state index in [1.807, 2.05) is 0 Å². The Morgan fingerprint density at radius 2 is 2.31 bits per heavy atom. The highest BCUT2D eigenvalue weighted by Gasteiger charge is 2.15. The molecule has 0 aliphatic carbocycles. The van der Waals surface area contributed by atoms with Crippen molar-refractivity contribution in [3.05, 3.63) is 34.9 Å². The fourth-order valence-corrected chi connectivity index (χ4v) is 1.80. The van der Waals surface area contributed by atoms with Gasteiger partial charge in [-0.15, -0.1) is 0 Å². The van der Waals surface area contributed by atoms with E-state index < -0.39 is 0 Å². The first-order valence-corrected chi connectivity index (χ1v) is 4.75. The van der Waals surface area contributed by atoms with Crippen LogP contribution in [0.2, 0.25) is 0 Å². The average molecular weight is 177 g/mol. The van der Waals surface area contributed by atoms with Gasteiger partial charge < -0.3 is 10.4 Å². The van der Waals surface area contributed by atoms with E-state index in [1.54, 1.807) is 0 Å². The first-order chi connectivity index (χ1) is 6.27. The fourth-order valence-electron chi connectivity index (χ4n) is 1.80. The van der Waals surface area contributed by atoms with Gasteiger partial charge in [-0.1, -0.05) is 23.8 Å². The molecule has 0 fully saturated rings. The van der Waals surface area contributed by atoms with Crippen molar-refractivity contribution in [3.63, 3.8) is 0 Å². The first-order valence-electron chi connectivity index (χ1n) is 4.75. The number of aliphatic hydroxyl groups is 1. The summed E-state index contributed by atoms with van der Waals surface area (Å²) in [7, 11) is 0. The van der Waals surface area contributed by atoms with Gasteiger partial charge in [-0.3, -0.25) is 0 Å². The van der Waals surface area contributed by atoms with Gasteiger partial charge in [0.05, 0.1) is 6.10 Å². The van der Waals surface area contributed by atoms with Gasteiger partial charge in [-0.05, 0) is 31.0 Å². The Bertz CT molecular complexity index is 309. The van der Waals surface area contributed by atoms with Crippen LogP contribution in [-0.2, 0) is 6.54 Å². The molecule has 13 heavy (non-hydrogen) atoms. The lowest BCUT2D eigenvalue weighted by molar-refractivity contribution is 0.170. The Morgan fingerprint density at radius 1 is 1.46 bits per heavy atom. The largest absolute Gasteiger partial charge is 0.388 e. The molecule has 2 nitrogen and oxygen atoms in total. The molecule has 1 atom stereocenters. The molecule has 2 N–H and O–H groups in total. The van der Waals surface area contributed by atoms with Crippen molar-refractivity contribution in [1.29, 1.82) is 0 Å². The number of hydrogen-bond acceptors (Lipinski definition) is 2. The minimum atomic E-state index is -0.287. The number of fused-ring (bicyclic) bond motifs is 1. The van der Waals surface area contributed by atoms with Gasteiger partial charge in [0.2, 0.25) is 0 Å². The normalized spacial score (nSPS) is 22.2. The number of rotatable bonds is 0. The van der Waals surface area contributed by atoms with Crippen LogP contribution in [0.4, 0.5) is 0 Å². The number of hydrogen-bond donors (Lipinski definition) is 2. The van der Waals surface area contributed by atoms with E-state index in [-0.39, 0.29) is 6.10 Å². The lowest BCUT2D eigenvalue weighted by atomic mass is 9.99. The molecule has 1 aromatic carbocycles. The van der Waals surface area contributed by atoms with Gasteiger partial charge in [-0.25, -0.2) is 0 Å². The molecule has 0 aromatic heterocycles. The number of aliphatic hydroxyl groups excluding tert-OH is 1. The first kappa shape index (κ1) is 8.73. The summed E-state index contributed by atoms with van der Waals surface area (Å²) in [6.45, 7) is 3.84. The Kier molecular flexibility index (Phi) is 2.34. The molecule has 2 heteroatoms. The lowest BCUT2D eigenvalue weighted by Gasteiger charge is -2.11. The van der Waals surface area contributed by atoms with Crippen LogP contribution in [0.15, 0.2) is 18.2 Å². The van der Waals surface area contributed by atoms with Crippen LogP contribution in [0.25, 0.3) is 0 Å². The molecule has 70 valence electrons. The summed E-state index contributed by atoms with van der Waals surface area (Å²) < 4.78 is 0. The Morgan fingerprint density at radius 3 is 3.15 bits per heavy atom. The highest BCUT2D eigenvalue weighted by molar-refractivity contribution is 5.33. The second-order valence-corrected chi connectivity index (χ2v) is 3.68. The van der Waals surface area contributed by atoms with Crippen LogP contribution in [0.5, 0.6) is 0 Å². The minimum Gasteiger partial charge on any atom is -0.388 e. The molecule has 1 aromatic rings. The van der Waals surface area contributed by atoms with Gasteiger partial charge in [0.15, 0.2) is 0 Å². The van der Waals surface area contributed by atoms with Crippen molar-refractivity contribution in [2.75, 3.05) is 6.54 Å². The predicted octanol–water partition coefficient (Wildman–Crippen LogP) is 1.52. The molecule has 1 aliphatic heterocycles. The van der Waals surface area contributed by atoms with Gasteiger partial charge in [-0.2, -0.15) is 0 Å². The van der Waals surface area contributed by atoms with E-state index in [0.29, 0.717) is 0 Å². The Balaban J connectivity index is 2.43. The predicted molar refractivity (Wildman–Crippen MR) is 52.5 cm³/mol. The molecule has 0 spiro atoms. The van der Waals surface area contributed by atoms with E-state index in [1.165, 1.54) is 11.1 Å². The quantitative estimate of drug-likeness (QED) is 0.629. The molecule has 2 rings (SSSR count). The zero-order valence-electron chi connectivity index (χ0n) is 7.88. The van der Waals surface area contributed by atoms with Gasteiger partial charge in [0.25, 0.3) is 0 Å². The zero-order valence-corrected chi connectivity index (χ0v) is 7.88. The zero-order chi connectivity index (χ0) is 9.26. The Hall–Kier alpha value is -0.860. The summed E-state index contributed by atoms with van der Waals surface area (Å²) in [6, 6.07) is 6.29. The average Bonchev–Trinajstić information content (AvgIpc) is 2.29. The fraction of sp³-hybridized carbons (Fsp3) is 0.455. The topological polar surface area (TPSA) is 32.3 Å². The molecule has 0 amide bonds. The Labute approximate surface area is 78.6 Å². The summed E-state index contributed by atoms with van der Waals surface area (Å²) in [5, 5.41) is 13.1. The maximum absolute atomic E-state index is 9.83. The lowest BCUT2D eigenvalue weighted by Crippen LogP contribution is -2.12. The number of benzene rings is 1. The smallest absolute Gasteiger partial charge is 0.0805 e. The third-order valence-electron chi connectivity index (χ3n) is 2.57. The summed E-state index contributed by atoms with van der Waals surface area (Å²) in [4.78, 5) is 0. The van der Waals surface area contributed by atoms with Crippen molar-refractivity contribution in [2.24, 2.45) is 0 Å². The van der Waals surface area contributed by atoms with Crippen molar-refractivity contribution >= 4 is 0 Å². The van der Waals surface area contributed by atoms with E-state index in [4.69, 9.17) is 0 Å². The van der Waals surface area contributed by atoms with Crippen LogP contribution in [0, 0.1) is 6.92 Å². The highest BCUT2D eigenvalue weighted by atomic mass is 16.3. The molecule has 1 aliphatic rings. The van der Waals surface area contributed by atoms with E-state index >= 15 is 0 Å². The monoisotopic (exact) mass is 177 g/mol. The molecule has 0 radical (unpaired) electrons. The van der Waals surface area contributed by atoms with Crippen LogP contribution >= 0.6 is 0 Å². The van der Waals surface area contributed by atoms with Gasteiger partial charge in [0.1, 0.15) is 0 Å². The van der Waals surface area contributed by atoms with Crippen molar-refractivity contribution in [3.8, 4) is 0 Å². The van der Waals surface area contributed by atoms with Crippen molar-refractivity contribution in [2.45, 2.75) is 26.0 Å². The number of aryl methyl sites for hydroxylation is 1. The second-order valence-electron chi connectivity index (χ2n) is 3.68. The minimum absolute atomic E-state index is 0.287. The standard InChI is InChI=1S/C11H15NO/c1-8-2-3-9-7-12-5-4-11(13)10(9)6-8/h2-3,6,11-13H,4-5,7H2,1H3/t11-/m1/s1. The van der Waals surface area contributed by atoms with Crippen LogP contribution in [-0.4, -0.2) is 11.7 Å². The van der Waals surface area contributed by atoms with E-state index in [0.717, 1.165) is 25.1 Å². The molecular formula is C11H15NO. The van der Waals surface area contributed by atoms with Crippen LogP contribution in [0.1, 0.15) is 29.2 Å². The van der Waals surface area contributed by atoms with Crippen molar-refractivity contribution in [1.82, 2.24) is 5.32 Å². The maximum atomic E-state index is 9.83. The molecule has 0 saturated carbocycles. The molecular weight excluding hydrogens is 162 g/mol. The summed E-state index contributed by atoms with van der Waals surface area (Å²) in [5.74, 6) is 0. The molecule has 0 bridgehead atoms. The SMILES string of the molecule is Cc1ccc2c(c1)[C@H](O)CCNC2. The van der Waals surface area contributed by atoms with E-state index in [9.17, 15) is 5.11 Å². The summed E-state index contributed by atoms with van der Waals surface area (Å²) in [5.41, 5.74) is 3.56.